The van der Waals surface area contributed by atoms with Gasteiger partial charge >= 0.3 is 0 Å². The first-order chi connectivity index (χ1) is 5.77. The fraction of sp³-hybridized carbons (Fsp3) is 0.400. The monoisotopic (exact) mass is 182 g/mol. The molecule has 2 heteroatoms. The summed E-state index contributed by atoms with van der Waals surface area (Å²) < 4.78 is 5.50. The van der Waals surface area contributed by atoms with E-state index in [2.05, 4.69) is 13.0 Å². The lowest BCUT2D eigenvalue weighted by Crippen LogP contribution is -2.13. The average Bonchev–Trinajstić information content (AvgIpc) is 2.07. The van der Waals surface area contributed by atoms with Gasteiger partial charge in [0, 0.05) is 5.02 Å². The molecule has 0 N–H and O–H groups in total. The maximum Gasteiger partial charge on any atom is 0.0800 e. The predicted octanol–water partition coefficient (Wildman–Crippen LogP) is 2.97. The van der Waals surface area contributed by atoms with Crippen molar-refractivity contribution in [3.8, 4) is 0 Å². The maximum atomic E-state index is 5.89. The summed E-state index contributed by atoms with van der Waals surface area (Å²) in [6.45, 7) is 2.89. The van der Waals surface area contributed by atoms with E-state index in [1.54, 1.807) is 0 Å². The van der Waals surface area contributed by atoms with Crippen LogP contribution in [-0.2, 0) is 11.2 Å². The fourth-order valence-electron chi connectivity index (χ4n) is 1.61. The molecule has 0 saturated heterocycles. The van der Waals surface area contributed by atoms with Crippen molar-refractivity contribution in [3.05, 3.63) is 34.3 Å². The highest BCUT2D eigenvalue weighted by Gasteiger charge is 2.16. The smallest absolute Gasteiger partial charge is 0.0800 e. The zero-order valence-electron chi connectivity index (χ0n) is 7.01. The van der Waals surface area contributed by atoms with Gasteiger partial charge in [-0.15, -0.1) is 0 Å². The minimum Gasteiger partial charge on any atom is -0.373 e. The van der Waals surface area contributed by atoms with Crippen LogP contribution >= 0.6 is 11.6 Å². The predicted molar refractivity (Wildman–Crippen MR) is 49.5 cm³/mol. The molecule has 0 saturated carbocycles. The lowest BCUT2D eigenvalue weighted by atomic mass is 9.99. The summed E-state index contributed by atoms with van der Waals surface area (Å²) in [5.41, 5.74) is 2.62. The molecule has 0 radical (unpaired) electrons. The lowest BCUT2D eigenvalue weighted by molar-refractivity contribution is 0.0555. The molecule has 1 aromatic rings. The highest BCUT2D eigenvalue weighted by Crippen LogP contribution is 2.28. The summed E-state index contributed by atoms with van der Waals surface area (Å²) in [5.74, 6) is 0. The van der Waals surface area contributed by atoms with Gasteiger partial charge in [-0.2, -0.15) is 0 Å². The van der Waals surface area contributed by atoms with Gasteiger partial charge in [0.1, 0.15) is 0 Å². The standard InChI is InChI=1S/C10H11ClO/c1-7-10-6-9(11)3-2-8(10)4-5-12-7/h2-3,6-7H,4-5H2,1H3. The Morgan fingerprint density at radius 1 is 1.50 bits per heavy atom. The molecule has 0 amide bonds. The summed E-state index contributed by atoms with van der Waals surface area (Å²) in [6.07, 6.45) is 1.21. The van der Waals surface area contributed by atoms with Gasteiger partial charge in [-0.1, -0.05) is 17.7 Å². The molecule has 1 aliphatic heterocycles. The third-order valence-electron chi connectivity index (χ3n) is 2.29. The number of hydrogen-bond acceptors (Lipinski definition) is 1. The SMILES string of the molecule is CC1OCCc2ccc(Cl)cc21. The Morgan fingerprint density at radius 3 is 3.17 bits per heavy atom. The highest BCUT2D eigenvalue weighted by molar-refractivity contribution is 6.30. The van der Waals surface area contributed by atoms with Crippen molar-refractivity contribution in [1.29, 1.82) is 0 Å². The topological polar surface area (TPSA) is 9.23 Å². The van der Waals surface area contributed by atoms with Crippen LogP contribution in [0.4, 0.5) is 0 Å². The molecular formula is C10H11ClO. The van der Waals surface area contributed by atoms with Gasteiger partial charge in [0.2, 0.25) is 0 Å². The average molecular weight is 183 g/mol. The Kier molecular flexibility index (Phi) is 2.07. The van der Waals surface area contributed by atoms with E-state index in [1.807, 2.05) is 12.1 Å². The van der Waals surface area contributed by atoms with E-state index >= 15 is 0 Å². The van der Waals surface area contributed by atoms with E-state index in [0.717, 1.165) is 18.1 Å². The van der Waals surface area contributed by atoms with Crippen molar-refractivity contribution in [2.45, 2.75) is 19.4 Å². The molecule has 1 unspecified atom stereocenters. The van der Waals surface area contributed by atoms with Crippen LogP contribution < -0.4 is 0 Å². The number of hydrogen-bond donors (Lipinski definition) is 0. The minimum absolute atomic E-state index is 0.201. The normalized spacial score (nSPS) is 22.0. The first-order valence-corrected chi connectivity index (χ1v) is 4.55. The van der Waals surface area contributed by atoms with Crippen LogP contribution in [-0.4, -0.2) is 6.61 Å². The Bertz CT molecular complexity index is 296. The van der Waals surface area contributed by atoms with Crippen LogP contribution in [0.5, 0.6) is 0 Å². The molecular weight excluding hydrogens is 172 g/mol. The van der Waals surface area contributed by atoms with Crippen molar-refractivity contribution >= 4 is 11.6 Å². The van der Waals surface area contributed by atoms with Gasteiger partial charge in [0.25, 0.3) is 0 Å². The summed E-state index contributed by atoms with van der Waals surface area (Å²) in [4.78, 5) is 0. The van der Waals surface area contributed by atoms with E-state index in [0.29, 0.717) is 0 Å². The summed E-state index contributed by atoms with van der Waals surface area (Å²) >= 11 is 5.89. The highest BCUT2D eigenvalue weighted by atomic mass is 35.5. The molecule has 64 valence electrons. The quantitative estimate of drug-likeness (QED) is 0.600. The van der Waals surface area contributed by atoms with Gasteiger partial charge in [-0.25, -0.2) is 0 Å². The van der Waals surface area contributed by atoms with E-state index in [9.17, 15) is 0 Å². The van der Waals surface area contributed by atoms with Crippen LogP contribution in [0.1, 0.15) is 24.2 Å². The van der Waals surface area contributed by atoms with Crippen molar-refractivity contribution in [2.75, 3.05) is 6.61 Å². The molecule has 0 aromatic heterocycles. The Hall–Kier alpha value is -0.530. The second kappa shape index (κ2) is 3.08. The first kappa shape index (κ1) is 8.09. The number of rotatable bonds is 0. The zero-order chi connectivity index (χ0) is 8.55. The molecule has 0 spiro atoms. The fourth-order valence-corrected chi connectivity index (χ4v) is 1.79. The van der Waals surface area contributed by atoms with Crippen LogP contribution in [0.25, 0.3) is 0 Å². The molecule has 0 fully saturated rings. The van der Waals surface area contributed by atoms with Gasteiger partial charge < -0.3 is 4.74 Å². The molecule has 1 aromatic carbocycles. The van der Waals surface area contributed by atoms with Crippen LogP contribution in [0, 0.1) is 0 Å². The Balaban J connectivity index is 2.47. The molecule has 1 aliphatic rings. The molecule has 0 bridgehead atoms. The van der Waals surface area contributed by atoms with Crippen molar-refractivity contribution in [2.24, 2.45) is 0 Å². The number of benzene rings is 1. The van der Waals surface area contributed by atoms with Crippen LogP contribution in [0.15, 0.2) is 18.2 Å². The number of fused-ring (bicyclic) bond motifs is 1. The van der Waals surface area contributed by atoms with E-state index < -0.39 is 0 Å². The Morgan fingerprint density at radius 2 is 2.33 bits per heavy atom. The third kappa shape index (κ3) is 1.35. The minimum atomic E-state index is 0.201. The van der Waals surface area contributed by atoms with Crippen molar-refractivity contribution in [3.63, 3.8) is 0 Å². The van der Waals surface area contributed by atoms with Crippen LogP contribution in [0.2, 0.25) is 5.02 Å². The molecule has 12 heavy (non-hydrogen) atoms. The first-order valence-electron chi connectivity index (χ1n) is 4.17. The van der Waals surface area contributed by atoms with Gasteiger partial charge in [0.15, 0.2) is 0 Å². The summed E-state index contributed by atoms with van der Waals surface area (Å²) in [7, 11) is 0. The zero-order valence-corrected chi connectivity index (χ0v) is 7.77. The maximum absolute atomic E-state index is 5.89. The van der Waals surface area contributed by atoms with Crippen LogP contribution in [0.3, 0.4) is 0 Å². The van der Waals surface area contributed by atoms with E-state index in [-0.39, 0.29) is 6.10 Å². The number of halogens is 1. The van der Waals surface area contributed by atoms with Crippen molar-refractivity contribution < 1.29 is 4.74 Å². The molecule has 0 aliphatic carbocycles. The van der Waals surface area contributed by atoms with Gasteiger partial charge in [-0.3, -0.25) is 0 Å². The number of ether oxygens (including phenoxy) is 1. The molecule has 2 rings (SSSR count). The summed E-state index contributed by atoms with van der Waals surface area (Å²) in [6, 6.07) is 6.04. The largest absolute Gasteiger partial charge is 0.373 e. The second-order valence-corrected chi connectivity index (χ2v) is 3.54. The summed E-state index contributed by atoms with van der Waals surface area (Å²) in [5, 5.41) is 0.797. The van der Waals surface area contributed by atoms with Gasteiger partial charge in [-0.05, 0) is 36.6 Å². The lowest BCUT2D eigenvalue weighted by Gasteiger charge is -2.22. The van der Waals surface area contributed by atoms with E-state index in [4.69, 9.17) is 16.3 Å². The third-order valence-corrected chi connectivity index (χ3v) is 2.52. The molecule has 1 nitrogen and oxygen atoms in total. The molecule has 1 atom stereocenters. The van der Waals surface area contributed by atoms with Crippen molar-refractivity contribution in [1.82, 2.24) is 0 Å². The molecule has 1 heterocycles. The second-order valence-electron chi connectivity index (χ2n) is 3.11. The van der Waals surface area contributed by atoms with E-state index in [1.165, 1.54) is 11.1 Å². The van der Waals surface area contributed by atoms with Gasteiger partial charge in [0.05, 0.1) is 12.7 Å². The Labute approximate surface area is 77.3 Å².